The van der Waals surface area contributed by atoms with Crippen LogP contribution < -0.4 is 5.32 Å². The fourth-order valence-electron chi connectivity index (χ4n) is 1.63. The normalized spacial score (nSPS) is 15.0. The molecule has 0 atom stereocenters. The Hall–Kier alpha value is -0.780. The quantitative estimate of drug-likeness (QED) is 0.745. The average molecular weight is 378 g/mol. The second-order valence-corrected chi connectivity index (χ2v) is 7.01. The Morgan fingerprint density at radius 1 is 1.33 bits per heavy atom. The van der Waals surface area contributed by atoms with Crippen LogP contribution in [0.15, 0.2) is 28.7 Å². The van der Waals surface area contributed by atoms with Gasteiger partial charge in [0.15, 0.2) is 0 Å². The maximum atomic E-state index is 11.5. The lowest BCUT2D eigenvalue weighted by Crippen LogP contribution is -2.48. The van der Waals surface area contributed by atoms with Gasteiger partial charge in [0.1, 0.15) is 5.60 Å². The number of carbonyl (C=O) groups excluding carboxylic acids is 1. The summed E-state index contributed by atoms with van der Waals surface area (Å²) in [6.07, 6.45) is -0.200. The van der Waals surface area contributed by atoms with Crippen LogP contribution >= 0.6 is 27.5 Å². The number of hydrogen-bond acceptors (Lipinski definition) is 3. The van der Waals surface area contributed by atoms with Crippen molar-refractivity contribution in [3.63, 3.8) is 0 Å². The first-order valence-corrected chi connectivity index (χ1v) is 8.05. The Kier molecular flexibility index (Phi) is 7.49. The average Bonchev–Trinajstić information content (AvgIpc) is 2.38. The van der Waals surface area contributed by atoms with E-state index in [0.717, 1.165) is 35.7 Å². The highest BCUT2D eigenvalue weighted by Crippen LogP contribution is 2.14. The number of piperazine rings is 1. The molecule has 0 aliphatic carbocycles. The van der Waals surface area contributed by atoms with Crippen LogP contribution in [0, 0.1) is 0 Å². The molecule has 21 heavy (non-hydrogen) atoms. The Morgan fingerprint density at radius 2 is 1.95 bits per heavy atom. The molecular formula is C15H22BrClN2O2. The number of amides is 1. The van der Waals surface area contributed by atoms with Crippen molar-refractivity contribution < 1.29 is 9.53 Å². The summed E-state index contributed by atoms with van der Waals surface area (Å²) < 4.78 is 6.25. The zero-order valence-electron chi connectivity index (χ0n) is 12.7. The predicted molar refractivity (Wildman–Crippen MR) is 89.8 cm³/mol. The van der Waals surface area contributed by atoms with E-state index in [1.807, 2.05) is 45.0 Å². The molecule has 1 aromatic carbocycles. The van der Waals surface area contributed by atoms with Gasteiger partial charge in [-0.2, -0.15) is 0 Å². The Bertz CT molecular complexity index is 440. The molecule has 0 saturated carbocycles. The first-order valence-electron chi connectivity index (χ1n) is 6.87. The van der Waals surface area contributed by atoms with E-state index < -0.39 is 0 Å². The van der Waals surface area contributed by atoms with Gasteiger partial charge in [0.25, 0.3) is 0 Å². The number of benzene rings is 1. The number of hydrogen-bond donors (Lipinski definition) is 1. The fourth-order valence-corrected chi connectivity index (χ4v) is 2.36. The van der Waals surface area contributed by atoms with Gasteiger partial charge in [0.05, 0.1) is 0 Å². The van der Waals surface area contributed by atoms with E-state index in [1.165, 1.54) is 0 Å². The second kappa shape index (κ2) is 8.61. The van der Waals surface area contributed by atoms with Gasteiger partial charge in [-0.1, -0.05) is 33.6 Å². The SMILES string of the molecule is CC(C)(C)OC(=O)N1CCNCC1.Clc1cccc(Br)c1. The number of halogens is 2. The molecular weight excluding hydrogens is 356 g/mol. The summed E-state index contributed by atoms with van der Waals surface area (Å²) >= 11 is 8.89. The first-order chi connectivity index (χ1) is 9.78. The minimum absolute atomic E-state index is 0.200. The van der Waals surface area contributed by atoms with Crippen molar-refractivity contribution >= 4 is 33.6 Å². The molecule has 1 aromatic rings. The standard InChI is InChI=1S/C9H18N2O2.C6H4BrCl/c1-9(2,3)13-8(12)11-6-4-10-5-7-11;7-5-2-1-3-6(8)4-5/h10H,4-7H2,1-3H3;1-4H. The van der Waals surface area contributed by atoms with E-state index in [2.05, 4.69) is 21.2 Å². The molecule has 118 valence electrons. The number of rotatable bonds is 0. The molecule has 1 saturated heterocycles. The smallest absolute Gasteiger partial charge is 0.410 e. The lowest BCUT2D eigenvalue weighted by molar-refractivity contribution is 0.0229. The summed E-state index contributed by atoms with van der Waals surface area (Å²) in [5, 5.41) is 3.95. The molecule has 6 heteroatoms. The van der Waals surface area contributed by atoms with Crippen LogP contribution in [0.5, 0.6) is 0 Å². The fraction of sp³-hybridized carbons (Fsp3) is 0.533. The minimum Gasteiger partial charge on any atom is -0.444 e. The third-order valence-electron chi connectivity index (χ3n) is 2.56. The Balaban J connectivity index is 0.000000235. The molecule has 1 heterocycles. The van der Waals surface area contributed by atoms with E-state index in [-0.39, 0.29) is 11.7 Å². The minimum atomic E-state index is -0.387. The molecule has 0 unspecified atom stereocenters. The van der Waals surface area contributed by atoms with Crippen molar-refractivity contribution in [1.29, 1.82) is 0 Å². The van der Waals surface area contributed by atoms with Crippen LogP contribution in [0.3, 0.4) is 0 Å². The van der Waals surface area contributed by atoms with Crippen LogP contribution in [0.1, 0.15) is 20.8 Å². The van der Waals surface area contributed by atoms with Crippen molar-refractivity contribution in [1.82, 2.24) is 10.2 Å². The van der Waals surface area contributed by atoms with Gasteiger partial charge in [0, 0.05) is 35.7 Å². The summed E-state index contributed by atoms with van der Waals surface area (Å²) in [5.74, 6) is 0. The summed E-state index contributed by atoms with van der Waals surface area (Å²) in [6, 6.07) is 7.52. The number of nitrogens with zero attached hydrogens (tertiary/aromatic N) is 1. The van der Waals surface area contributed by atoms with Crippen LogP contribution in [0.4, 0.5) is 4.79 Å². The van der Waals surface area contributed by atoms with E-state index >= 15 is 0 Å². The predicted octanol–water partition coefficient (Wildman–Crippen LogP) is 3.93. The van der Waals surface area contributed by atoms with Gasteiger partial charge in [-0.3, -0.25) is 0 Å². The zero-order valence-corrected chi connectivity index (χ0v) is 15.0. The van der Waals surface area contributed by atoms with Crippen LogP contribution in [0.2, 0.25) is 5.02 Å². The first kappa shape index (κ1) is 18.3. The van der Waals surface area contributed by atoms with E-state index in [9.17, 15) is 4.79 Å². The molecule has 4 nitrogen and oxygen atoms in total. The second-order valence-electron chi connectivity index (χ2n) is 5.66. The van der Waals surface area contributed by atoms with E-state index in [4.69, 9.17) is 16.3 Å². The number of carbonyl (C=O) groups is 1. The topological polar surface area (TPSA) is 41.6 Å². The molecule has 1 fully saturated rings. The van der Waals surface area contributed by atoms with Gasteiger partial charge >= 0.3 is 6.09 Å². The van der Waals surface area contributed by atoms with Gasteiger partial charge in [-0.25, -0.2) is 4.79 Å². The maximum absolute atomic E-state index is 11.5. The van der Waals surface area contributed by atoms with Crippen LogP contribution in [0.25, 0.3) is 0 Å². The van der Waals surface area contributed by atoms with Crippen LogP contribution in [-0.2, 0) is 4.74 Å². The lowest BCUT2D eigenvalue weighted by atomic mass is 10.2. The van der Waals surface area contributed by atoms with E-state index in [0.29, 0.717) is 0 Å². The van der Waals surface area contributed by atoms with Crippen molar-refractivity contribution in [2.24, 2.45) is 0 Å². The largest absolute Gasteiger partial charge is 0.444 e. The van der Waals surface area contributed by atoms with Crippen molar-refractivity contribution in [2.45, 2.75) is 26.4 Å². The van der Waals surface area contributed by atoms with E-state index in [1.54, 1.807) is 4.90 Å². The highest BCUT2D eigenvalue weighted by molar-refractivity contribution is 9.10. The molecule has 1 aliphatic heterocycles. The van der Waals surface area contributed by atoms with Crippen LogP contribution in [-0.4, -0.2) is 42.8 Å². The molecule has 0 spiro atoms. The van der Waals surface area contributed by atoms with Crippen molar-refractivity contribution in [2.75, 3.05) is 26.2 Å². The van der Waals surface area contributed by atoms with Gasteiger partial charge in [-0.15, -0.1) is 0 Å². The molecule has 0 radical (unpaired) electrons. The Morgan fingerprint density at radius 3 is 2.38 bits per heavy atom. The maximum Gasteiger partial charge on any atom is 0.410 e. The van der Waals surface area contributed by atoms with Gasteiger partial charge in [0.2, 0.25) is 0 Å². The zero-order chi connectivity index (χ0) is 15.9. The van der Waals surface area contributed by atoms with Crippen molar-refractivity contribution in [3.05, 3.63) is 33.8 Å². The summed E-state index contributed by atoms with van der Waals surface area (Å²) in [7, 11) is 0. The number of ether oxygens (including phenoxy) is 1. The van der Waals surface area contributed by atoms with Crippen molar-refractivity contribution in [3.8, 4) is 0 Å². The molecule has 1 amide bonds. The molecule has 0 bridgehead atoms. The lowest BCUT2D eigenvalue weighted by Gasteiger charge is -2.30. The molecule has 0 aromatic heterocycles. The van der Waals surface area contributed by atoms with Gasteiger partial charge in [-0.05, 0) is 39.0 Å². The monoisotopic (exact) mass is 376 g/mol. The molecule has 2 rings (SSSR count). The third kappa shape index (κ3) is 8.29. The van der Waals surface area contributed by atoms with Gasteiger partial charge < -0.3 is 15.0 Å². The third-order valence-corrected chi connectivity index (χ3v) is 3.28. The summed E-state index contributed by atoms with van der Waals surface area (Å²) in [4.78, 5) is 13.2. The summed E-state index contributed by atoms with van der Waals surface area (Å²) in [5.41, 5.74) is -0.387. The molecule has 1 aliphatic rings. The number of nitrogens with one attached hydrogen (secondary N) is 1. The summed E-state index contributed by atoms with van der Waals surface area (Å²) in [6.45, 7) is 8.86. The Labute approximate surface area is 139 Å². The molecule has 1 N–H and O–H groups in total. The highest BCUT2D eigenvalue weighted by Gasteiger charge is 2.22. The highest BCUT2D eigenvalue weighted by atomic mass is 79.9.